The lowest BCUT2D eigenvalue weighted by Crippen LogP contribution is -2.40. The monoisotopic (exact) mass is 365 g/mol. The number of anilines is 1. The standard InChI is InChI=1S/C22H27N3O2/c1-17-16-23-9-7-20(17)24-10-4-11-25(13-12-24)22(26)19-8-14-27-21-6-3-2-5-18(21)15-19/h2-3,5-7,9,16,19H,4,8,10-15H2,1H3/t19-/m0/s1. The Labute approximate surface area is 161 Å². The number of aromatic nitrogens is 1. The van der Waals surface area contributed by atoms with Crippen molar-refractivity contribution < 1.29 is 9.53 Å². The molecule has 27 heavy (non-hydrogen) atoms. The molecule has 0 saturated carbocycles. The number of aryl methyl sites for hydroxylation is 1. The van der Waals surface area contributed by atoms with Crippen molar-refractivity contribution in [2.75, 3.05) is 37.7 Å². The van der Waals surface area contributed by atoms with Crippen molar-refractivity contribution in [1.29, 1.82) is 0 Å². The molecule has 1 aromatic carbocycles. The van der Waals surface area contributed by atoms with Gasteiger partial charge in [-0.2, -0.15) is 0 Å². The van der Waals surface area contributed by atoms with Crippen LogP contribution in [0.5, 0.6) is 5.75 Å². The van der Waals surface area contributed by atoms with Gasteiger partial charge in [0.2, 0.25) is 5.91 Å². The highest BCUT2D eigenvalue weighted by molar-refractivity contribution is 5.79. The van der Waals surface area contributed by atoms with Crippen molar-refractivity contribution in [3.05, 3.63) is 53.9 Å². The zero-order valence-corrected chi connectivity index (χ0v) is 15.9. The number of carbonyl (C=O) groups excluding carboxylic acids is 1. The van der Waals surface area contributed by atoms with Gasteiger partial charge >= 0.3 is 0 Å². The zero-order valence-electron chi connectivity index (χ0n) is 15.9. The van der Waals surface area contributed by atoms with Crippen LogP contribution in [0.3, 0.4) is 0 Å². The maximum absolute atomic E-state index is 13.2. The number of ether oxygens (including phenoxy) is 1. The average Bonchev–Trinajstić information content (AvgIpc) is 3.06. The summed E-state index contributed by atoms with van der Waals surface area (Å²) in [5.74, 6) is 1.23. The van der Waals surface area contributed by atoms with E-state index in [0.717, 1.165) is 56.8 Å². The summed E-state index contributed by atoms with van der Waals surface area (Å²) in [5.41, 5.74) is 3.57. The number of amides is 1. The molecule has 2 aliphatic heterocycles. The van der Waals surface area contributed by atoms with Gasteiger partial charge in [-0.25, -0.2) is 0 Å². The molecule has 0 unspecified atom stereocenters. The second-order valence-corrected chi connectivity index (χ2v) is 7.47. The molecule has 5 nitrogen and oxygen atoms in total. The number of carbonyl (C=O) groups is 1. The van der Waals surface area contributed by atoms with Crippen molar-refractivity contribution >= 4 is 11.6 Å². The minimum absolute atomic E-state index is 0.0165. The van der Waals surface area contributed by atoms with Crippen LogP contribution in [-0.4, -0.2) is 48.6 Å². The highest BCUT2D eigenvalue weighted by Crippen LogP contribution is 2.28. The lowest BCUT2D eigenvalue weighted by molar-refractivity contribution is -0.135. The number of hydrogen-bond acceptors (Lipinski definition) is 4. The molecule has 1 fully saturated rings. The molecule has 1 saturated heterocycles. The van der Waals surface area contributed by atoms with E-state index < -0.39 is 0 Å². The molecule has 0 radical (unpaired) electrons. The van der Waals surface area contributed by atoms with Gasteiger partial charge in [-0.15, -0.1) is 0 Å². The summed E-state index contributed by atoms with van der Waals surface area (Å²) in [5, 5.41) is 0. The van der Waals surface area contributed by atoms with Crippen LogP contribution in [0, 0.1) is 12.8 Å². The second kappa shape index (κ2) is 7.99. The molecule has 142 valence electrons. The molecule has 1 amide bonds. The van der Waals surface area contributed by atoms with Gasteiger partial charge < -0.3 is 14.5 Å². The van der Waals surface area contributed by atoms with Gasteiger partial charge in [0.25, 0.3) is 0 Å². The van der Waals surface area contributed by atoms with Gasteiger partial charge in [-0.1, -0.05) is 18.2 Å². The largest absolute Gasteiger partial charge is 0.493 e. The summed E-state index contributed by atoms with van der Waals surface area (Å²) in [7, 11) is 0. The van der Waals surface area contributed by atoms with E-state index in [0.29, 0.717) is 6.61 Å². The van der Waals surface area contributed by atoms with Crippen molar-refractivity contribution in [3.63, 3.8) is 0 Å². The first kappa shape index (κ1) is 17.8. The summed E-state index contributed by atoms with van der Waals surface area (Å²) < 4.78 is 5.84. The van der Waals surface area contributed by atoms with E-state index in [1.54, 1.807) is 0 Å². The third-order valence-corrected chi connectivity index (χ3v) is 5.65. The van der Waals surface area contributed by atoms with Gasteiger partial charge in [0.1, 0.15) is 5.75 Å². The number of para-hydroxylation sites is 1. The normalized spacial score (nSPS) is 20.3. The fourth-order valence-electron chi connectivity index (χ4n) is 4.16. The Morgan fingerprint density at radius 3 is 2.93 bits per heavy atom. The molecule has 0 aliphatic carbocycles. The Kier molecular flexibility index (Phi) is 5.28. The predicted octanol–water partition coefficient (Wildman–Crippen LogP) is 3.07. The predicted molar refractivity (Wildman–Crippen MR) is 106 cm³/mol. The summed E-state index contributed by atoms with van der Waals surface area (Å²) in [6.45, 7) is 6.17. The minimum atomic E-state index is 0.0165. The topological polar surface area (TPSA) is 45.7 Å². The van der Waals surface area contributed by atoms with E-state index in [2.05, 4.69) is 33.8 Å². The van der Waals surface area contributed by atoms with E-state index in [1.165, 1.54) is 11.3 Å². The van der Waals surface area contributed by atoms with Crippen LogP contribution in [0.2, 0.25) is 0 Å². The third-order valence-electron chi connectivity index (χ3n) is 5.65. The molecule has 2 aliphatic rings. The molecular formula is C22H27N3O2. The Balaban J connectivity index is 1.43. The number of pyridine rings is 1. The van der Waals surface area contributed by atoms with Gasteiger partial charge in [0.05, 0.1) is 6.61 Å². The Bertz CT molecular complexity index is 808. The van der Waals surface area contributed by atoms with E-state index >= 15 is 0 Å². The minimum Gasteiger partial charge on any atom is -0.493 e. The van der Waals surface area contributed by atoms with E-state index in [4.69, 9.17) is 4.74 Å². The molecule has 0 spiro atoms. The molecule has 1 atom stereocenters. The van der Waals surface area contributed by atoms with Crippen LogP contribution < -0.4 is 9.64 Å². The lowest BCUT2D eigenvalue weighted by atomic mass is 9.95. The molecule has 0 bridgehead atoms. The molecule has 3 heterocycles. The number of hydrogen-bond donors (Lipinski definition) is 0. The maximum atomic E-state index is 13.2. The first-order valence-electron chi connectivity index (χ1n) is 9.87. The van der Waals surface area contributed by atoms with Crippen molar-refractivity contribution in [2.24, 2.45) is 5.92 Å². The quantitative estimate of drug-likeness (QED) is 0.821. The van der Waals surface area contributed by atoms with Crippen LogP contribution in [0.1, 0.15) is 24.0 Å². The molecule has 1 aromatic heterocycles. The second-order valence-electron chi connectivity index (χ2n) is 7.47. The van der Waals surface area contributed by atoms with Crippen LogP contribution in [0.4, 0.5) is 5.69 Å². The fraction of sp³-hybridized carbons (Fsp3) is 0.455. The maximum Gasteiger partial charge on any atom is 0.226 e. The van der Waals surface area contributed by atoms with Gasteiger partial charge in [0, 0.05) is 50.2 Å². The van der Waals surface area contributed by atoms with Crippen molar-refractivity contribution in [1.82, 2.24) is 9.88 Å². The summed E-state index contributed by atoms with van der Waals surface area (Å²) in [6.07, 6.45) is 6.31. The van der Waals surface area contributed by atoms with E-state index in [-0.39, 0.29) is 11.8 Å². The lowest BCUT2D eigenvalue weighted by Gasteiger charge is -2.27. The number of fused-ring (bicyclic) bond motifs is 1. The summed E-state index contributed by atoms with van der Waals surface area (Å²) >= 11 is 0. The van der Waals surface area contributed by atoms with E-state index in [1.807, 2.05) is 30.6 Å². The number of rotatable bonds is 2. The molecule has 5 heteroatoms. The summed E-state index contributed by atoms with van der Waals surface area (Å²) in [6, 6.07) is 10.2. The van der Waals surface area contributed by atoms with Crippen molar-refractivity contribution in [3.8, 4) is 5.75 Å². The van der Waals surface area contributed by atoms with Gasteiger partial charge in [-0.3, -0.25) is 9.78 Å². The first-order valence-corrected chi connectivity index (χ1v) is 9.87. The van der Waals surface area contributed by atoms with Crippen LogP contribution >= 0.6 is 0 Å². The Morgan fingerprint density at radius 1 is 1.15 bits per heavy atom. The fourth-order valence-corrected chi connectivity index (χ4v) is 4.16. The van der Waals surface area contributed by atoms with E-state index in [9.17, 15) is 4.79 Å². The first-order chi connectivity index (χ1) is 13.2. The van der Waals surface area contributed by atoms with Gasteiger partial charge in [-0.05, 0) is 49.4 Å². The molecule has 2 aromatic rings. The third kappa shape index (κ3) is 3.92. The average molecular weight is 365 g/mol. The smallest absolute Gasteiger partial charge is 0.226 e. The SMILES string of the molecule is Cc1cnccc1N1CCCN(C(=O)[C@H]2CCOc3ccccc3C2)CC1. The number of nitrogens with zero attached hydrogens (tertiary/aromatic N) is 3. The number of benzene rings is 1. The highest BCUT2D eigenvalue weighted by Gasteiger charge is 2.29. The Hall–Kier alpha value is -2.56. The van der Waals surface area contributed by atoms with Gasteiger partial charge in [0.15, 0.2) is 0 Å². The molecule has 4 rings (SSSR count). The van der Waals surface area contributed by atoms with Crippen molar-refractivity contribution in [2.45, 2.75) is 26.2 Å². The van der Waals surface area contributed by atoms with Crippen LogP contribution in [-0.2, 0) is 11.2 Å². The summed E-state index contributed by atoms with van der Waals surface area (Å²) in [4.78, 5) is 21.9. The van der Waals surface area contributed by atoms with Crippen LogP contribution in [0.15, 0.2) is 42.7 Å². The highest BCUT2D eigenvalue weighted by atomic mass is 16.5. The Morgan fingerprint density at radius 2 is 2.04 bits per heavy atom. The van der Waals surface area contributed by atoms with Crippen LogP contribution in [0.25, 0.3) is 0 Å². The zero-order chi connectivity index (χ0) is 18.6. The molecular weight excluding hydrogens is 338 g/mol. The molecule has 0 N–H and O–H groups in total.